The summed E-state index contributed by atoms with van der Waals surface area (Å²) in [7, 11) is 0. The van der Waals surface area contributed by atoms with Gasteiger partial charge in [-0.25, -0.2) is 9.78 Å². The second-order valence-electron chi connectivity index (χ2n) is 6.84. The minimum atomic E-state index is -1.04. The maximum Gasteiger partial charge on any atom is 0.338 e. The number of imidazole rings is 1. The molecule has 31 heavy (non-hydrogen) atoms. The lowest BCUT2D eigenvalue weighted by Gasteiger charge is -2.14. The van der Waals surface area contributed by atoms with Crippen LogP contribution >= 0.6 is 23.2 Å². The smallest absolute Gasteiger partial charge is 0.338 e. The monoisotopic (exact) mass is 453 g/mol. The van der Waals surface area contributed by atoms with Crippen LogP contribution < -0.4 is 5.32 Å². The van der Waals surface area contributed by atoms with Gasteiger partial charge >= 0.3 is 5.97 Å². The number of fused-ring (bicyclic) bond motifs is 1. The van der Waals surface area contributed by atoms with E-state index in [0.717, 1.165) is 11.1 Å². The van der Waals surface area contributed by atoms with E-state index in [1.807, 2.05) is 30.3 Å². The van der Waals surface area contributed by atoms with Crippen molar-refractivity contribution in [3.05, 3.63) is 82.3 Å². The quantitative estimate of drug-likeness (QED) is 0.378. The van der Waals surface area contributed by atoms with Crippen molar-refractivity contribution in [1.29, 1.82) is 0 Å². The van der Waals surface area contributed by atoms with Crippen LogP contribution in [0.2, 0.25) is 10.0 Å². The molecule has 0 saturated carbocycles. The fraction of sp³-hybridized carbons (Fsp3) is 0.0870. The van der Waals surface area contributed by atoms with Gasteiger partial charge in [-0.05, 0) is 43.3 Å². The van der Waals surface area contributed by atoms with Crippen molar-refractivity contribution in [3.63, 3.8) is 0 Å². The third-order valence-corrected chi connectivity index (χ3v) is 5.17. The van der Waals surface area contributed by atoms with Gasteiger partial charge in [0.05, 0.1) is 27.3 Å². The van der Waals surface area contributed by atoms with Gasteiger partial charge in [0.15, 0.2) is 6.10 Å². The molecule has 0 aliphatic heterocycles. The first-order chi connectivity index (χ1) is 14.9. The maximum absolute atomic E-state index is 12.6. The molecule has 1 heterocycles. The molecule has 4 aromatic rings. The van der Waals surface area contributed by atoms with Crippen LogP contribution in [0.4, 0.5) is 5.69 Å². The predicted molar refractivity (Wildman–Crippen MR) is 121 cm³/mol. The third-order valence-electron chi connectivity index (χ3n) is 4.60. The number of anilines is 1. The Kier molecular flexibility index (Phi) is 5.93. The molecule has 0 aliphatic carbocycles. The second kappa shape index (κ2) is 8.79. The van der Waals surface area contributed by atoms with E-state index in [0.29, 0.717) is 32.6 Å². The number of halogens is 2. The van der Waals surface area contributed by atoms with E-state index < -0.39 is 18.0 Å². The van der Waals surface area contributed by atoms with Gasteiger partial charge in [-0.2, -0.15) is 0 Å². The molecule has 0 spiro atoms. The van der Waals surface area contributed by atoms with Crippen LogP contribution in [0, 0.1) is 0 Å². The third kappa shape index (κ3) is 4.71. The molecule has 3 aromatic carbocycles. The molecule has 2 N–H and O–H groups in total. The number of carbonyl (C=O) groups excluding carboxylic acids is 2. The van der Waals surface area contributed by atoms with Crippen LogP contribution in [-0.2, 0) is 9.53 Å². The van der Waals surface area contributed by atoms with Crippen molar-refractivity contribution in [2.45, 2.75) is 13.0 Å². The number of nitrogens with zero attached hydrogens (tertiary/aromatic N) is 1. The summed E-state index contributed by atoms with van der Waals surface area (Å²) in [6, 6.07) is 19.4. The Bertz CT molecular complexity index is 1270. The molecule has 0 bridgehead atoms. The Balaban J connectivity index is 1.47. The van der Waals surface area contributed by atoms with Crippen LogP contribution in [0.15, 0.2) is 66.7 Å². The van der Waals surface area contributed by atoms with Gasteiger partial charge in [-0.15, -0.1) is 0 Å². The zero-order valence-corrected chi connectivity index (χ0v) is 17.9. The van der Waals surface area contributed by atoms with Gasteiger partial charge in [-0.3, -0.25) is 4.79 Å². The lowest BCUT2D eigenvalue weighted by Crippen LogP contribution is -2.30. The number of aromatic amines is 1. The van der Waals surface area contributed by atoms with Gasteiger partial charge in [0.1, 0.15) is 5.82 Å². The Morgan fingerprint density at radius 2 is 1.81 bits per heavy atom. The first-order valence-corrected chi connectivity index (χ1v) is 10.2. The minimum absolute atomic E-state index is 0.302. The van der Waals surface area contributed by atoms with Gasteiger partial charge in [-0.1, -0.05) is 53.5 Å². The number of nitrogens with one attached hydrogen (secondary N) is 2. The fourth-order valence-electron chi connectivity index (χ4n) is 2.98. The average molecular weight is 454 g/mol. The zero-order valence-electron chi connectivity index (χ0n) is 16.4. The van der Waals surface area contributed by atoms with Crippen LogP contribution in [0.3, 0.4) is 0 Å². The van der Waals surface area contributed by atoms with E-state index in [9.17, 15) is 9.59 Å². The minimum Gasteiger partial charge on any atom is -0.449 e. The summed E-state index contributed by atoms with van der Waals surface area (Å²) in [6.45, 7) is 1.48. The number of carbonyl (C=O) groups is 2. The average Bonchev–Trinajstić information content (AvgIpc) is 3.20. The van der Waals surface area contributed by atoms with Crippen LogP contribution in [-0.4, -0.2) is 27.9 Å². The lowest BCUT2D eigenvalue weighted by atomic mass is 10.2. The summed E-state index contributed by atoms with van der Waals surface area (Å²) in [5.74, 6) is -0.448. The summed E-state index contributed by atoms with van der Waals surface area (Å²) in [6.07, 6.45) is -1.04. The van der Waals surface area contributed by atoms with Gasteiger partial charge < -0.3 is 15.0 Å². The summed E-state index contributed by atoms with van der Waals surface area (Å²) in [5.41, 5.74) is 2.99. The van der Waals surface area contributed by atoms with Gasteiger partial charge in [0.25, 0.3) is 5.91 Å². The first kappa shape index (κ1) is 20.9. The summed E-state index contributed by atoms with van der Waals surface area (Å²) >= 11 is 12.0. The topological polar surface area (TPSA) is 84.1 Å². The molecule has 0 fully saturated rings. The van der Waals surface area contributed by atoms with E-state index in [1.54, 1.807) is 30.3 Å². The van der Waals surface area contributed by atoms with Crippen molar-refractivity contribution >= 4 is 51.8 Å². The van der Waals surface area contributed by atoms with Crippen molar-refractivity contribution in [2.75, 3.05) is 5.32 Å². The van der Waals surface area contributed by atoms with E-state index in [4.69, 9.17) is 27.9 Å². The van der Waals surface area contributed by atoms with E-state index in [1.165, 1.54) is 13.0 Å². The number of hydrogen-bond donors (Lipinski definition) is 2. The van der Waals surface area contributed by atoms with Crippen LogP contribution in [0.5, 0.6) is 0 Å². The summed E-state index contributed by atoms with van der Waals surface area (Å²) in [5, 5.41) is 3.36. The molecule has 0 saturated heterocycles. The molecule has 1 unspecified atom stereocenters. The Labute approximate surface area is 188 Å². The lowest BCUT2D eigenvalue weighted by molar-refractivity contribution is -0.123. The molecule has 8 heteroatoms. The second-order valence-corrected chi connectivity index (χ2v) is 7.69. The van der Waals surface area contributed by atoms with E-state index in [2.05, 4.69) is 15.3 Å². The number of ether oxygens (including phenoxy) is 1. The molecule has 6 nitrogen and oxygen atoms in total. The van der Waals surface area contributed by atoms with Gasteiger partial charge in [0, 0.05) is 10.6 Å². The maximum atomic E-state index is 12.6. The number of esters is 1. The number of amides is 1. The largest absolute Gasteiger partial charge is 0.449 e. The molecule has 0 aliphatic rings. The molecular formula is C23H17Cl2N3O3. The van der Waals surface area contributed by atoms with E-state index in [-0.39, 0.29) is 0 Å². The molecule has 0 radical (unpaired) electrons. The number of aromatic nitrogens is 2. The standard InChI is InChI=1S/C23H17Cl2N3O3/c1-13(22(29)28-19-12-16(24)8-9-17(19)25)31-23(30)15-7-10-18-20(11-15)27-21(26-18)14-5-3-2-4-6-14/h2-13H,1H3,(H,26,27)(H,28,29). The SMILES string of the molecule is CC(OC(=O)c1ccc2nc(-c3ccccc3)[nH]c2c1)C(=O)Nc1cc(Cl)ccc1Cl. The number of hydrogen-bond acceptors (Lipinski definition) is 4. The highest BCUT2D eigenvalue weighted by atomic mass is 35.5. The highest BCUT2D eigenvalue weighted by Gasteiger charge is 2.20. The van der Waals surface area contributed by atoms with E-state index >= 15 is 0 Å². The Hall–Kier alpha value is -3.35. The summed E-state index contributed by atoms with van der Waals surface area (Å²) < 4.78 is 5.32. The highest BCUT2D eigenvalue weighted by Crippen LogP contribution is 2.26. The molecule has 4 rings (SSSR count). The molecule has 156 valence electrons. The zero-order chi connectivity index (χ0) is 22.0. The van der Waals surface area contributed by atoms with Gasteiger partial charge in [0.2, 0.25) is 0 Å². The summed E-state index contributed by atoms with van der Waals surface area (Å²) in [4.78, 5) is 32.7. The van der Waals surface area contributed by atoms with Crippen LogP contribution in [0.25, 0.3) is 22.4 Å². The van der Waals surface area contributed by atoms with Crippen molar-refractivity contribution < 1.29 is 14.3 Å². The van der Waals surface area contributed by atoms with Crippen molar-refractivity contribution in [3.8, 4) is 11.4 Å². The number of benzene rings is 3. The molecule has 1 aromatic heterocycles. The first-order valence-electron chi connectivity index (χ1n) is 9.43. The fourth-order valence-corrected chi connectivity index (χ4v) is 3.32. The number of rotatable bonds is 5. The molecule has 1 atom stereocenters. The molecular weight excluding hydrogens is 437 g/mol. The highest BCUT2D eigenvalue weighted by molar-refractivity contribution is 6.35. The van der Waals surface area contributed by atoms with Crippen molar-refractivity contribution in [1.82, 2.24) is 9.97 Å². The van der Waals surface area contributed by atoms with Crippen molar-refractivity contribution in [2.24, 2.45) is 0 Å². The normalized spacial score (nSPS) is 11.8. The predicted octanol–water partition coefficient (Wildman–Crippen LogP) is 5.72. The Morgan fingerprint density at radius 3 is 2.58 bits per heavy atom. The Morgan fingerprint density at radius 1 is 1.03 bits per heavy atom. The van der Waals surface area contributed by atoms with Crippen LogP contribution in [0.1, 0.15) is 17.3 Å². The molecule has 1 amide bonds. The number of H-pyrrole nitrogens is 1.